The molecule has 0 spiro atoms. The Morgan fingerprint density at radius 3 is 2.65 bits per heavy atom. The van der Waals surface area contributed by atoms with Crippen molar-refractivity contribution < 1.29 is 4.74 Å². The zero-order chi connectivity index (χ0) is 16.4. The number of aryl methyl sites for hydroxylation is 1. The molecule has 0 saturated heterocycles. The van der Waals surface area contributed by atoms with Crippen LogP contribution < -0.4 is 10.1 Å². The van der Waals surface area contributed by atoms with Crippen molar-refractivity contribution in [3.05, 3.63) is 47.8 Å². The van der Waals surface area contributed by atoms with E-state index in [0.29, 0.717) is 6.61 Å². The minimum absolute atomic E-state index is 0.278. The summed E-state index contributed by atoms with van der Waals surface area (Å²) in [6.45, 7) is 8.92. The molecule has 2 heterocycles. The van der Waals surface area contributed by atoms with E-state index >= 15 is 0 Å². The molecule has 1 aromatic heterocycles. The molecule has 2 aromatic rings. The summed E-state index contributed by atoms with van der Waals surface area (Å²) in [4.78, 5) is 2.25. The van der Waals surface area contributed by atoms with Crippen LogP contribution in [0.15, 0.2) is 36.4 Å². The molecule has 5 heteroatoms. The zero-order valence-electron chi connectivity index (χ0n) is 13.9. The van der Waals surface area contributed by atoms with Gasteiger partial charge in [-0.2, -0.15) is 0 Å². The summed E-state index contributed by atoms with van der Waals surface area (Å²) in [5.41, 5.74) is 3.63. The molecule has 0 saturated carbocycles. The predicted octanol–water partition coefficient (Wildman–Crippen LogP) is 3.97. The molecule has 3 rings (SSSR count). The summed E-state index contributed by atoms with van der Waals surface area (Å²) in [5.74, 6) is 0.878. The maximum atomic E-state index is 5.63. The van der Waals surface area contributed by atoms with E-state index in [1.165, 1.54) is 11.4 Å². The molecule has 1 aliphatic heterocycles. The minimum Gasteiger partial charge on any atom is -0.494 e. The van der Waals surface area contributed by atoms with Crippen LogP contribution in [0.3, 0.4) is 0 Å². The number of ether oxygens (including phenoxy) is 1. The lowest BCUT2D eigenvalue weighted by Crippen LogP contribution is -2.43. The predicted molar refractivity (Wildman–Crippen MR) is 98.1 cm³/mol. The van der Waals surface area contributed by atoms with Gasteiger partial charge < -0.3 is 19.5 Å². The maximum absolute atomic E-state index is 5.63. The normalized spacial score (nSPS) is 16.8. The van der Waals surface area contributed by atoms with Gasteiger partial charge in [-0.05, 0) is 69.4 Å². The standard InChI is InChI=1S/C18H23N3OS/c1-4-22-16-8-6-15(7-9-16)19-18(23)21-12-11-20-13(2)5-10-17(20)14(21)3/h5-10,14H,4,11-12H2,1-3H3,(H,19,23)/t14-/m1/s1. The van der Waals surface area contributed by atoms with Gasteiger partial charge in [-0.15, -0.1) is 0 Å². The highest BCUT2D eigenvalue weighted by Gasteiger charge is 2.26. The third-order valence-corrected chi connectivity index (χ3v) is 4.71. The average Bonchev–Trinajstić information content (AvgIpc) is 2.92. The first-order chi connectivity index (χ1) is 11.1. The Balaban J connectivity index is 1.69. The van der Waals surface area contributed by atoms with Gasteiger partial charge in [0.1, 0.15) is 5.75 Å². The molecule has 4 nitrogen and oxygen atoms in total. The van der Waals surface area contributed by atoms with Crippen LogP contribution in [0.5, 0.6) is 5.75 Å². The van der Waals surface area contributed by atoms with E-state index in [2.05, 4.69) is 40.8 Å². The molecule has 1 N–H and O–H groups in total. The minimum atomic E-state index is 0.278. The first kappa shape index (κ1) is 15.9. The fourth-order valence-electron chi connectivity index (χ4n) is 3.09. The molecule has 1 aliphatic rings. The molecule has 1 aromatic carbocycles. The summed E-state index contributed by atoms with van der Waals surface area (Å²) >= 11 is 5.63. The second kappa shape index (κ2) is 6.62. The number of aromatic nitrogens is 1. The molecule has 0 fully saturated rings. The lowest BCUT2D eigenvalue weighted by Gasteiger charge is -2.37. The number of nitrogens with one attached hydrogen (secondary N) is 1. The van der Waals surface area contributed by atoms with Crippen LogP contribution >= 0.6 is 12.2 Å². The number of rotatable bonds is 3. The van der Waals surface area contributed by atoms with Crippen LogP contribution in [0.2, 0.25) is 0 Å². The molecule has 0 unspecified atom stereocenters. The fourth-order valence-corrected chi connectivity index (χ4v) is 3.46. The number of nitrogens with zero attached hydrogens (tertiary/aromatic N) is 2. The molecule has 0 aliphatic carbocycles. The van der Waals surface area contributed by atoms with E-state index in [1.54, 1.807) is 0 Å². The van der Waals surface area contributed by atoms with Crippen molar-refractivity contribution in [1.29, 1.82) is 0 Å². The highest BCUT2D eigenvalue weighted by Crippen LogP contribution is 2.28. The SMILES string of the molecule is CCOc1ccc(NC(=S)N2CCn3c(C)ccc3[C@H]2C)cc1. The molecule has 23 heavy (non-hydrogen) atoms. The summed E-state index contributed by atoms with van der Waals surface area (Å²) in [6, 6.07) is 12.6. The van der Waals surface area contributed by atoms with Crippen LogP contribution in [0, 0.1) is 6.92 Å². The van der Waals surface area contributed by atoms with E-state index in [0.717, 1.165) is 29.6 Å². The Morgan fingerprint density at radius 1 is 1.22 bits per heavy atom. The Hall–Kier alpha value is -2.01. The second-order valence-corrected chi connectivity index (χ2v) is 6.19. The van der Waals surface area contributed by atoms with Crippen molar-refractivity contribution in [2.24, 2.45) is 0 Å². The largest absolute Gasteiger partial charge is 0.494 e. The van der Waals surface area contributed by atoms with Crippen molar-refractivity contribution in [2.75, 3.05) is 18.5 Å². The van der Waals surface area contributed by atoms with E-state index in [-0.39, 0.29) is 6.04 Å². The molecule has 122 valence electrons. The Bertz CT molecular complexity index is 693. The van der Waals surface area contributed by atoms with E-state index in [9.17, 15) is 0 Å². The molecule has 1 atom stereocenters. The second-order valence-electron chi connectivity index (χ2n) is 5.81. The molecular formula is C18H23N3OS. The van der Waals surface area contributed by atoms with Crippen molar-refractivity contribution in [1.82, 2.24) is 9.47 Å². The van der Waals surface area contributed by atoms with Crippen molar-refractivity contribution in [2.45, 2.75) is 33.4 Å². The Labute approximate surface area is 143 Å². The monoisotopic (exact) mass is 329 g/mol. The molecule has 0 bridgehead atoms. The number of hydrogen-bond acceptors (Lipinski definition) is 2. The number of hydrogen-bond donors (Lipinski definition) is 1. The third kappa shape index (κ3) is 3.20. The van der Waals surface area contributed by atoms with Gasteiger partial charge in [0.05, 0.1) is 12.6 Å². The van der Waals surface area contributed by atoms with Crippen LogP contribution in [-0.2, 0) is 6.54 Å². The van der Waals surface area contributed by atoms with Gasteiger partial charge in [-0.3, -0.25) is 0 Å². The third-order valence-electron chi connectivity index (χ3n) is 4.37. The summed E-state index contributed by atoms with van der Waals surface area (Å²) < 4.78 is 7.84. The van der Waals surface area contributed by atoms with Gasteiger partial charge in [-0.1, -0.05) is 0 Å². The molecular weight excluding hydrogens is 306 g/mol. The first-order valence-electron chi connectivity index (χ1n) is 8.06. The Kier molecular flexibility index (Phi) is 4.57. The zero-order valence-corrected chi connectivity index (χ0v) is 14.7. The van der Waals surface area contributed by atoms with Gasteiger partial charge in [0, 0.05) is 30.2 Å². The van der Waals surface area contributed by atoms with Crippen molar-refractivity contribution in [3.63, 3.8) is 0 Å². The van der Waals surface area contributed by atoms with Gasteiger partial charge in [0.2, 0.25) is 0 Å². The van der Waals surface area contributed by atoms with Crippen LogP contribution in [-0.4, -0.2) is 27.7 Å². The molecule has 0 radical (unpaired) electrons. The van der Waals surface area contributed by atoms with Gasteiger partial charge in [0.25, 0.3) is 0 Å². The smallest absolute Gasteiger partial charge is 0.174 e. The highest BCUT2D eigenvalue weighted by atomic mass is 32.1. The van der Waals surface area contributed by atoms with E-state index in [4.69, 9.17) is 17.0 Å². The lowest BCUT2D eigenvalue weighted by atomic mass is 10.1. The van der Waals surface area contributed by atoms with E-state index < -0.39 is 0 Å². The molecule has 0 amide bonds. The Morgan fingerprint density at radius 2 is 1.96 bits per heavy atom. The fraction of sp³-hybridized carbons (Fsp3) is 0.389. The number of thiocarbonyl (C=S) groups is 1. The van der Waals surface area contributed by atoms with Gasteiger partial charge >= 0.3 is 0 Å². The quantitative estimate of drug-likeness (QED) is 0.863. The van der Waals surface area contributed by atoms with Crippen molar-refractivity contribution in [3.8, 4) is 5.75 Å². The van der Waals surface area contributed by atoms with Crippen LogP contribution in [0.1, 0.15) is 31.3 Å². The average molecular weight is 329 g/mol. The summed E-state index contributed by atoms with van der Waals surface area (Å²) in [6.07, 6.45) is 0. The lowest BCUT2D eigenvalue weighted by molar-refractivity contribution is 0.274. The van der Waals surface area contributed by atoms with Gasteiger partial charge in [-0.25, -0.2) is 0 Å². The maximum Gasteiger partial charge on any atom is 0.174 e. The highest BCUT2D eigenvalue weighted by molar-refractivity contribution is 7.80. The topological polar surface area (TPSA) is 29.4 Å². The van der Waals surface area contributed by atoms with Crippen molar-refractivity contribution >= 4 is 23.0 Å². The van der Waals surface area contributed by atoms with Crippen LogP contribution in [0.4, 0.5) is 5.69 Å². The summed E-state index contributed by atoms with van der Waals surface area (Å²) in [7, 11) is 0. The summed E-state index contributed by atoms with van der Waals surface area (Å²) in [5, 5.41) is 4.11. The van der Waals surface area contributed by atoms with E-state index in [1.807, 2.05) is 31.2 Å². The number of fused-ring (bicyclic) bond motifs is 1. The van der Waals surface area contributed by atoms with Crippen LogP contribution in [0.25, 0.3) is 0 Å². The number of benzene rings is 1. The first-order valence-corrected chi connectivity index (χ1v) is 8.47. The van der Waals surface area contributed by atoms with Gasteiger partial charge in [0.15, 0.2) is 5.11 Å². The number of anilines is 1.